The Kier molecular flexibility index (Phi) is 3.24. The Morgan fingerprint density at radius 3 is 2.82 bits per heavy atom. The molecule has 0 bridgehead atoms. The summed E-state index contributed by atoms with van der Waals surface area (Å²) < 4.78 is 0. The zero-order chi connectivity index (χ0) is 11.7. The van der Waals surface area contributed by atoms with Crippen LogP contribution >= 0.6 is 11.6 Å². The molecule has 1 heterocycles. The van der Waals surface area contributed by atoms with Crippen LogP contribution in [0.15, 0.2) is 18.5 Å². The highest BCUT2D eigenvalue weighted by Gasteiger charge is 2.34. The van der Waals surface area contributed by atoms with Gasteiger partial charge in [0.1, 0.15) is 0 Å². The van der Waals surface area contributed by atoms with Gasteiger partial charge in [0.05, 0.1) is 16.9 Å². The van der Waals surface area contributed by atoms with E-state index in [1.807, 2.05) is 12.3 Å². The summed E-state index contributed by atoms with van der Waals surface area (Å²) in [5, 5.41) is 4.35. The number of rotatable bonds is 3. The molecule has 2 unspecified atom stereocenters. The molecule has 1 aromatic rings. The summed E-state index contributed by atoms with van der Waals surface area (Å²) in [6, 6.07) is 2.45. The van der Waals surface area contributed by atoms with Gasteiger partial charge in [0, 0.05) is 12.2 Å². The van der Waals surface area contributed by atoms with Gasteiger partial charge in [0.15, 0.2) is 0 Å². The highest BCUT2D eigenvalue weighted by atomic mass is 35.5. The second-order valence-electron chi connectivity index (χ2n) is 5.46. The molecule has 0 aromatic carbocycles. The minimum absolute atomic E-state index is 0.594. The Labute approximate surface area is 108 Å². The van der Waals surface area contributed by atoms with Crippen LogP contribution in [-0.2, 0) is 0 Å². The zero-order valence-corrected chi connectivity index (χ0v) is 10.8. The normalized spacial score (nSPS) is 29.0. The Morgan fingerprint density at radius 1 is 1.18 bits per heavy atom. The Morgan fingerprint density at radius 2 is 2.06 bits per heavy atom. The molecule has 3 rings (SSSR count). The lowest BCUT2D eigenvalue weighted by atomic mass is 9.82. The maximum absolute atomic E-state index is 6.15. The third-order valence-corrected chi connectivity index (χ3v) is 4.46. The standard InChI is InChI=1S/C14H19ClN2/c15-13-6-7-16-9-14(13)17-12-3-1-2-11(8-12)10-4-5-10/h6-7,9-12,17H,1-5,8H2. The van der Waals surface area contributed by atoms with Crippen molar-refractivity contribution >= 4 is 17.3 Å². The van der Waals surface area contributed by atoms with E-state index >= 15 is 0 Å². The van der Waals surface area contributed by atoms with Crippen LogP contribution < -0.4 is 5.32 Å². The Balaban J connectivity index is 1.62. The van der Waals surface area contributed by atoms with Crippen molar-refractivity contribution in [3.63, 3.8) is 0 Å². The minimum atomic E-state index is 0.594. The van der Waals surface area contributed by atoms with E-state index in [1.165, 1.54) is 38.5 Å². The Bertz CT molecular complexity index is 390. The van der Waals surface area contributed by atoms with Gasteiger partial charge in [-0.15, -0.1) is 0 Å². The van der Waals surface area contributed by atoms with Crippen molar-refractivity contribution in [2.24, 2.45) is 11.8 Å². The topological polar surface area (TPSA) is 24.9 Å². The predicted octanol–water partition coefficient (Wildman–Crippen LogP) is 4.12. The third-order valence-electron chi connectivity index (χ3n) is 4.13. The smallest absolute Gasteiger partial charge is 0.0718 e. The van der Waals surface area contributed by atoms with E-state index in [4.69, 9.17) is 11.6 Å². The maximum Gasteiger partial charge on any atom is 0.0718 e. The molecule has 0 saturated heterocycles. The number of hydrogen-bond donors (Lipinski definition) is 1. The van der Waals surface area contributed by atoms with E-state index in [-0.39, 0.29) is 0 Å². The monoisotopic (exact) mass is 250 g/mol. The van der Waals surface area contributed by atoms with Gasteiger partial charge >= 0.3 is 0 Å². The first-order valence-corrected chi connectivity index (χ1v) is 7.07. The number of hydrogen-bond acceptors (Lipinski definition) is 2. The molecule has 2 fully saturated rings. The van der Waals surface area contributed by atoms with Gasteiger partial charge in [-0.3, -0.25) is 4.98 Å². The maximum atomic E-state index is 6.15. The van der Waals surface area contributed by atoms with Crippen LogP contribution in [-0.4, -0.2) is 11.0 Å². The van der Waals surface area contributed by atoms with Crippen LogP contribution in [0.25, 0.3) is 0 Å². The number of nitrogens with zero attached hydrogens (tertiary/aromatic N) is 1. The van der Waals surface area contributed by atoms with Crippen molar-refractivity contribution in [2.45, 2.75) is 44.6 Å². The highest BCUT2D eigenvalue weighted by molar-refractivity contribution is 6.33. The number of nitrogens with one attached hydrogen (secondary N) is 1. The highest BCUT2D eigenvalue weighted by Crippen LogP contribution is 2.44. The molecule has 0 spiro atoms. The van der Waals surface area contributed by atoms with E-state index in [1.54, 1.807) is 6.20 Å². The van der Waals surface area contributed by atoms with Gasteiger partial charge in [-0.25, -0.2) is 0 Å². The molecule has 0 amide bonds. The molecule has 0 radical (unpaired) electrons. The summed E-state index contributed by atoms with van der Waals surface area (Å²) in [7, 11) is 0. The lowest BCUT2D eigenvalue weighted by molar-refractivity contribution is 0.303. The third kappa shape index (κ3) is 2.74. The lowest BCUT2D eigenvalue weighted by Gasteiger charge is -2.30. The van der Waals surface area contributed by atoms with Gasteiger partial charge in [-0.2, -0.15) is 0 Å². The first-order valence-electron chi connectivity index (χ1n) is 6.69. The van der Waals surface area contributed by atoms with E-state index < -0.39 is 0 Å². The summed E-state index contributed by atoms with van der Waals surface area (Å²) in [5.41, 5.74) is 0.996. The number of anilines is 1. The summed E-state index contributed by atoms with van der Waals surface area (Å²) in [4.78, 5) is 4.13. The molecule has 1 aromatic heterocycles. The molecular formula is C14H19ClN2. The molecule has 92 valence electrons. The van der Waals surface area contributed by atoms with Crippen molar-refractivity contribution in [3.05, 3.63) is 23.5 Å². The molecule has 1 N–H and O–H groups in total. The fraction of sp³-hybridized carbons (Fsp3) is 0.643. The summed E-state index contributed by atoms with van der Waals surface area (Å²) in [5.74, 6) is 1.99. The number of halogens is 1. The number of pyridine rings is 1. The summed E-state index contributed by atoms with van der Waals surface area (Å²) in [6.07, 6.45) is 11.9. The van der Waals surface area contributed by atoms with Gasteiger partial charge < -0.3 is 5.32 Å². The van der Waals surface area contributed by atoms with Gasteiger partial charge in [-0.05, 0) is 43.6 Å². The average molecular weight is 251 g/mol. The molecule has 0 aliphatic heterocycles. The molecule has 2 aliphatic carbocycles. The van der Waals surface area contributed by atoms with Crippen molar-refractivity contribution in [1.29, 1.82) is 0 Å². The molecule has 2 nitrogen and oxygen atoms in total. The van der Waals surface area contributed by atoms with Crippen LogP contribution in [0.2, 0.25) is 5.02 Å². The van der Waals surface area contributed by atoms with E-state index in [9.17, 15) is 0 Å². The van der Waals surface area contributed by atoms with E-state index in [0.29, 0.717) is 6.04 Å². The van der Waals surface area contributed by atoms with Crippen LogP contribution in [0.5, 0.6) is 0 Å². The summed E-state index contributed by atoms with van der Waals surface area (Å²) in [6.45, 7) is 0. The number of aromatic nitrogens is 1. The fourth-order valence-corrected chi connectivity index (χ4v) is 3.22. The van der Waals surface area contributed by atoms with Crippen molar-refractivity contribution in [1.82, 2.24) is 4.98 Å². The Hall–Kier alpha value is -0.760. The molecule has 3 heteroatoms. The molecule has 2 atom stereocenters. The lowest BCUT2D eigenvalue weighted by Crippen LogP contribution is -2.28. The second kappa shape index (κ2) is 4.85. The average Bonchev–Trinajstić information content (AvgIpc) is 3.17. The van der Waals surface area contributed by atoms with Crippen molar-refractivity contribution in [2.75, 3.05) is 5.32 Å². The summed E-state index contributed by atoms with van der Waals surface area (Å²) >= 11 is 6.15. The van der Waals surface area contributed by atoms with Gasteiger partial charge in [0.25, 0.3) is 0 Å². The van der Waals surface area contributed by atoms with Crippen LogP contribution in [0.1, 0.15) is 38.5 Å². The fourth-order valence-electron chi connectivity index (χ4n) is 3.06. The second-order valence-corrected chi connectivity index (χ2v) is 5.87. The first-order chi connectivity index (χ1) is 8.33. The van der Waals surface area contributed by atoms with Crippen molar-refractivity contribution < 1.29 is 0 Å². The molecule has 2 saturated carbocycles. The largest absolute Gasteiger partial charge is 0.380 e. The van der Waals surface area contributed by atoms with Crippen LogP contribution in [0.3, 0.4) is 0 Å². The van der Waals surface area contributed by atoms with Crippen molar-refractivity contribution in [3.8, 4) is 0 Å². The predicted molar refractivity (Wildman–Crippen MR) is 71.3 cm³/mol. The zero-order valence-electron chi connectivity index (χ0n) is 10.0. The van der Waals surface area contributed by atoms with Gasteiger partial charge in [-0.1, -0.05) is 24.4 Å². The van der Waals surface area contributed by atoms with E-state index in [0.717, 1.165) is 22.5 Å². The molecule has 2 aliphatic rings. The van der Waals surface area contributed by atoms with Crippen LogP contribution in [0.4, 0.5) is 5.69 Å². The van der Waals surface area contributed by atoms with E-state index in [2.05, 4.69) is 10.3 Å². The quantitative estimate of drug-likeness (QED) is 0.873. The minimum Gasteiger partial charge on any atom is -0.380 e. The SMILES string of the molecule is Clc1ccncc1NC1CCCC(C2CC2)C1. The molecular weight excluding hydrogens is 232 g/mol. The molecule has 17 heavy (non-hydrogen) atoms. The van der Waals surface area contributed by atoms with Crippen LogP contribution in [0, 0.1) is 11.8 Å². The van der Waals surface area contributed by atoms with Gasteiger partial charge in [0.2, 0.25) is 0 Å². The first kappa shape index (κ1) is 11.3.